The first-order valence-corrected chi connectivity index (χ1v) is 7.77. The molecule has 1 aliphatic rings. The van der Waals surface area contributed by atoms with E-state index in [1.807, 2.05) is 45.0 Å². The van der Waals surface area contributed by atoms with Crippen molar-refractivity contribution in [1.29, 1.82) is 0 Å². The highest BCUT2D eigenvalue weighted by atomic mass is 35.5. The van der Waals surface area contributed by atoms with Crippen molar-refractivity contribution >= 4 is 18.3 Å². The lowest BCUT2D eigenvalue weighted by molar-refractivity contribution is -0.126. The Kier molecular flexibility index (Phi) is 6.69. The molecular weight excluding hydrogens is 300 g/mol. The molecule has 0 bridgehead atoms. The summed E-state index contributed by atoms with van der Waals surface area (Å²) in [4.78, 5) is 12.3. The molecule has 0 aromatic heterocycles. The average molecular weight is 327 g/mol. The van der Waals surface area contributed by atoms with E-state index >= 15 is 0 Å². The van der Waals surface area contributed by atoms with E-state index in [2.05, 4.69) is 5.32 Å². The quantitative estimate of drug-likeness (QED) is 0.872. The molecule has 1 atom stereocenters. The van der Waals surface area contributed by atoms with Crippen LogP contribution in [0.4, 0.5) is 0 Å². The Morgan fingerprint density at radius 3 is 2.23 bits per heavy atom. The van der Waals surface area contributed by atoms with Gasteiger partial charge < -0.3 is 15.8 Å². The minimum Gasteiger partial charge on any atom is -0.491 e. The zero-order valence-electron chi connectivity index (χ0n) is 13.6. The molecule has 1 aliphatic carbocycles. The van der Waals surface area contributed by atoms with Gasteiger partial charge in [0.1, 0.15) is 5.75 Å². The van der Waals surface area contributed by atoms with Gasteiger partial charge in [0.2, 0.25) is 5.91 Å². The summed E-state index contributed by atoms with van der Waals surface area (Å²) >= 11 is 0. The molecule has 3 N–H and O–H groups in total. The maximum Gasteiger partial charge on any atom is 0.240 e. The van der Waals surface area contributed by atoms with Gasteiger partial charge in [-0.05, 0) is 51.3 Å². The van der Waals surface area contributed by atoms with E-state index in [4.69, 9.17) is 10.5 Å². The Hall–Kier alpha value is -1.26. The molecule has 0 heterocycles. The maximum atomic E-state index is 12.3. The average Bonchev–Trinajstić information content (AvgIpc) is 2.87. The topological polar surface area (TPSA) is 64.3 Å². The Bertz CT molecular complexity index is 482. The van der Waals surface area contributed by atoms with Crippen LogP contribution in [0.1, 0.15) is 58.1 Å². The normalized spacial score (nSPS) is 17.7. The molecular formula is C17H27ClN2O2. The zero-order chi connectivity index (χ0) is 15.5. The summed E-state index contributed by atoms with van der Waals surface area (Å²) in [6, 6.07) is 7.80. The van der Waals surface area contributed by atoms with E-state index in [9.17, 15) is 4.79 Å². The smallest absolute Gasteiger partial charge is 0.240 e. The predicted molar refractivity (Wildman–Crippen MR) is 91.4 cm³/mol. The van der Waals surface area contributed by atoms with Gasteiger partial charge in [0.15, 0.2) is 0 Å². The van der Waals surface area contributed by atoms with Crippen LogP contribution in [-0.4, -0.2) is 17.6 Å². The van der Waals surface area contributed by atoms with E-state index in [0.717, 1.165) is 37.0 Å². The van der Waals surface area contributed by atoms with Crippen molar-refractivity contribution in [3.8, 4) is 5.75 Å². The van der Waals surface area contributed by atoms with Crippen LogP contribution < -0.4 is 15.8 Å². The molecule has 1 fully saturated rings. The molecule has 1 saturated carbocycles. The van der Waals surface area contributed by atoms with Crippen LogP contribution in [0.2, 0.25) is 0 Å². The van der Waals surface area contributed by atoms with Crippen molar-refractivity contribution in [1.82, 2.24) is 5.32 Å². The molecule has 1 amide bonds. The van der Waals surface area contributed by atoms with E-state index in [1.54, 1.807) is 0 Å². The largest absolute Gasteiger partial charge is 0.491 e. The molecule has 4 nitrogen and oxygen atoms in total. The molecule has 5 heteroatoms. The Morgan fingerprint density at radius 1 is 1.18 bits per heavy atom. The van der Waals surface area contributed by atoms with Crippen LogP contribution in [0.25, 0.3) is 0 Å². The van der Waals surface area contributed by atoms with Crippen molar-refractivity contribution in [2.75, 3.05) is 0 Å². The van der Waals surface area contributed by atoms with Gasteiger partial charge in [-0.25, -0.2) is 0 Å². The van der Waals surface area contributed by atoms with Crippen molar-refractivity contribution < 1.29 is 9.53 Å². The molecule has 22 heavy (non-hydrogen) atoms. The van der Waals surface area contributed by atoms with Gasteiger partial charge in [0, 0.05) is 0 Å². The van der Waals surface area contributed by atoms with Crippen LogP contribution in [-0.2, 0) is 4.79 Å². The lowest BCUT2D eigenvalue weighted by Gasteiger charge is -2.25. The fourth-order valence-corrected chi connectivity index (χ4v) is 2.76. The lowest BCUT2D eigenvalue weighted by atomic mass is 9.97. The highest BCUT2D eigenvalue weighted by Gasteiger charge is 2.37. The Morgan fingerprint density at radius 2 is 1.73 bits per heavy atom. The number of carbonyl (C=O) groups excluding carboxylic acids is 1. The molecule has 124 valence electrons. The number of rotatable bonds is 5. The Balaban J connectivity index is 0.00000242. The first kappa shape index (κ1) is 18.8. The van der Waals surface area contributed by atoms with Crippen LogP contribution in [0.15, 0.2) is 24.3 Å². The summed E-state index contributed by atoms with van der Waals surface area (Å²) in [7, 11) is 0. The summed E-state index contributed by atoms with van der Waals surface area (Å²) in [5.74, 6) is 0.813. The molecule has 0 saturated heterocycles. The van der Waals surface area contributed by atoms with Gasteiger partial charge in [-0.2, -0.15) is 0 Å². The van der Waals surface area contributed by atoms with Crippen LogP contribution >= 0.6 is 12.4 Å². The number of halogens is 1. The third-order valence-corrected chi connectivity index (χ3v) is 4.05. The maximum absolute atomic E-state index is 12.3. The van der Waals surface area contributed by atoms with Gasteiger partial charge in [-0.1, -0.05) is 25.0 Å². The predicted octanol–water partition coefficient (Wildman–Crippen LogP) is 3.34. The number of nitrogens with one attached hydrogen (secondary N) is 1. The molecule has 1 aromatic rings. The minimum absolute atomic E-state index is 0. The fourth-order valence-electron chi connectivity index (χ4n) is 2.76. The van der Waals surface area contributed by atoms with E-state index in [1.165, 1.54) is 0 Å². The van der Waals surface area contributed by atoms with Crippen molar-refractivity contribution in [2.24, 2.45) is 5.73 Å². The molecule has 1 unspecified atom stereocenters. The van der Waals surface area contributed by atoms with Crippen molar-refractivity contribution in [3.63, 3.8) is 0 Å². The summed E-state index contributed by atoms with van der Waals surface area (Å²) in [6.45, 7) is 5.98. The van der Waals surface area contributed by atoms with Gasteiger partial charge in [0.05, 0.1) is 17.7 Å². The number of benzene rings is 1. The number of carbonyl (C=O) groups is 1. The van der Waals surface area contributed by atoms with Gasteiger partial charge in [-0.3, -0.25) is 4.79 Å². The second-order valence-electron chi connectivity index (χ2n) is 6.29. The third-order valence-electron chi connectivity index (χ3n) is 4.05. The second kappa shape index (κ2) is 7.84. The third kappa shape index (κ3) is 4.62. The van der Waals surface area contributed by atoms with E-state index < -0.39 is 5.54 Å². The highest BCUT2D eigenvalue weighted by Crippen LogP contribution is 2.28. The second-order valence-corrected chi connectivity index (χ2v) is 6.29. The molecule has 1 aromatic carbocycles. The minimum atomic E-state index is -0.672. The fraction of sp³-hybridized carbons (Fsp3) is 0.588. The van der Waals surface area contributed by atoms with Gasteiger partial charge in [0.25, 0.3) is 0 Å². The number of amides is 1. The van der Waals surface area contributed by atoms with Gasteiger partial charge >= 0.3 is 0 Å². The summed E-state index contributed by atoms with van der Waals surface area (Å²) in [6.07, 6.45) is 3.81. The van der Waals surface area contributed by atoms with Crippen molar-refractivity contribution in [2.45, 2.75) is 64.1 Å². The van der Waals surface area contributed by atoms with E-state index in [0.29, 0.717) is 0 Å². The van der Waals surface area contributed by atoms with Crippen LogP contribution in [0.3, 0.4) is 0 Å². The molecule has 0 radical (unpaired) electrons. The summed E-state index contributed by atoms with van der Waals surface area (Å²) < 4.78 is 5.62. The standard InChI is InChI=1S/C17H26N2O2.ClH/c1-12(2)21-15-8-6-14(7-9-15)13(3)19-16(20)17(18)10-4-5-11-17;/h6-9,12-13H,4-5,10-11,18H2,1-3H3,(H,19,20);1H. The van der Waals surface area contributed by atoms with Crippen LogP contribution in [0, 0.1) is 0 Å². The first-order chi connectivity index (χ1) is 9.90. The van der Waals surface area contributed by atoms with E-state index in [-0.39, 0.29) is 30.5 Å². The van der Waals surface area contributed by atoms with Gasteiger partial charge in [-0.15, -0.1) is 12.4 Å². The summed E-state index contributed by atoms with van der Waals surface area (Å²) in [5, 5.41) is 3.03. The monoisotopic (exact) mass is 326 g/mol. The lowest BCUT2D eigenvalue weighted by Crippen LogP contribution is -2.52. The van der Waals surface area contributed by atoms with Crippen LogP contribution in [0.5, 0.6) is 5.75 Å². The first-order valence-electron chi connectivity index (χ1n) is 7.77. The van der Waals surface area contributed by atoms with Crippen molar-refractivity contribution in [3.05, 3.63) is 29.8 Å². The molecule has 2 rings (SSSR count). The number of nitrogens with two attached hydrogens (primary N) is 1. The SMILES string of the molecule is CC(C)Oc1ccc(C(C)NC(=O)C2(N)CCCC2)cc1.Cl. The molecule has 0 spiro atoms. The Labute approximate surface area is 139 Å². The number of ether oxygens (including phenoxy) is 1. The zero-order valence-corrected chi connectivity index (χ0v) is 14.4. The number of hydrogen-bond donors (Lipinski definition) is 2. The summed E-state index contributed by atoms with van der Waals surface area (Å²) in [5.41, 5.74) is 6.56. The highest BCUT2D eigenvalue weighted by molar-refractivity contribution is 5.86. The number of hydrogen-bond acceptors (Lipinski definition) is 3. The molecule has 0 aliphatic heterocycles.